The molecular weight excluding hydrogens is 392 g/mol. The van der Waals surface area contributed by atoms with Crippen LogP contribution in [-0.2, 0) is 28.6 Å². The smallest absolute Gasteiger partial charge is 0.336 e. The number of esters is 3. The predicted molar refractivity (Wildman–Crippen MR) is 107 cm³/mol. The first kappa shape index (κ1) is 23.6. The van der Waals surface area contributed by atoms with Gasteiger partial charge >= 0.3 is 17.9 Å². The molecule has 8 heteroatoms. The van der Waals surface area contributed by atoms with Crippen LogP contribution in [-0.4, -0.2) is 59.6 Å². The highest BCUT2D eigenvalue weighted by Crippen LogP contribution is 2.36. The van der Waals surface area contributed by atoms with Crippen LogP contribution in [0.3, 0.4) is 0 Å². The highest BCUT2D eigenvalue weighted by atomic mass is 16.6. The van der Waals surface area contributed by atoms with E-state index in [1.807, 2.05) is 13.0 Å². The van der Waals surface area contributed by atoms with Gasteiger partial charge in [0.05, 0.1) is 24.7 Å². The van der Waals surface area contributed by atoms with Gasteiger partial charge < -0.3 is 24.4 Å². The van der Waals surface area contributed by atoms with Crippen molar-refractivity contribution in [3.8, 4) is 0 Å². The maximum atomic E-state index is 12.5. The van der Waals surface area contributed by atoms with Crippen LogP contribution < -0.4 is 0 Å². The molecule has 0 unspecified atom stereocenters. The fraction of sp³-hybridized carbons (Fsp3) is 0.500. The topological polar surface area (TPSA) is 119 Å². The van der Waals surface area contributed by atoms with Crippen molar-refractivity contribution in [2.24, 2.45) is 5.92 Å². The molecule has 0 aromatic carbocycles. The second-order valence-electron chi connectivity index (χ2n) is 7.43. The van der Waals surface area contributed by atoms with Gasteiger partial charge in [0.2, 0.25) is 0 Å². The van der Waals surface area contributed by atoms with E-state index >= 15 is 0 Å². The van der Waals surface area contributed by atoms with Crippen LogP contribution in [0, 0.1) is 5.92 Å². The number of carbonyl (C=O) groups excluding carboxylic acids is 3. The Labute approximate surface area is 175 Å². The molecule has 1 fully saturated rings. The van der Waals surface area contributed by atoms with Gasteiger partial charge in [-0.15, -0.1) is 0 Å². The van der Waals surface area contributed by atoms with Gasteiger partial charge in [0.1, 0.15) is 18.3 Å². The SMILES string of the molecule is C=C1C(=O)O[C@@H]2/C=C(/C)[C@H](OC(C)=O)C/C=C(\C)C[C@@H](OC(=O)/C(=C/CO)CO)[C@@H]12. The van der Waals surface area contributed by atoms with Gasteiger partial charge in [-0.1, -0.05) is 18.2 Å². The number of fused-ring (bicyclic) bond motifs is 1. The maximum Gasteiger partial charge on any atom is 0.336 e. The zero-order valence-corrected chi connectivity index (χ0v) is 17.4. The van der Waals surface area contributed by atoms with E-state index in [4.69, 9.17) is 19.3 Å². The molecule has 164 valence electrons. The molecular formula is C22H28O8. The minimum atomic E-state index is -0.786. The summed E-state index contributed by atoms with van der Waals surface area (Å²) in [5.41, 5.74) is 1.67. The van der Waals surface area contributed by atoms with Crippen molar-refractivity contribution < 1.29 is 38.8 Å². The number of hydrogen-bond donors (Lipinski definition) is 2. The lowest BCUT2D eigenvalue weighted by Crippen LogP contribution is -2.34. The second kappa shape index (κ2) is 10.4. The Hall–Kier alpha value is -2.71. The molecule has 30 heavy (non-hydrogen) atoms. The van der Waals surface area contributed by atoms with Crippen LogP contribution in [0.15, 0.2) is 47.1 Å². The first-order valence-corrected chi connectivity index (χ1v) is 9.70. The Kier molecular flexibility index (Phi) is 8.14. The van der Waals surface area contributed by atoms with E-state index < -0.39 is 55.4 Å². The first-order valence-electron chi connectivity index (χ1n) is 9.70. The molecule has 1 saturated heterocycles. The van der Waals surface area contributed by atoms with Crippen LogP contribution in [0.4, 0.5) is 0 Å². The molecule has 0 radical (unpaired) electrons. The Bertz CT molecular complexity index is 804. The van der Waals surface area contributed by atoms with Crippen molar-refractivity contribution >= 4 is 17.9 Å². The van der Waals surface area contributed by atoms with Gasteiger partial charge in [0, 0.05) is 25.3 Å². The molecule has 0 aromatic heterocycles. The lowest BCUT2D eigenvalue weighted by molar-refractivity contribution is -0.148. The lowest BCUT2D eigenvalue weighted by atomic mass is 9.85. The van der Waals surface area contributed by atoms with Gasteiger partial charge in [-0.2, -0.15) is 0 Å². The highest BCUT2D eigenvalue weighted by molar-refractivity contribution is 5.92. The van der Waals surface area contributed by atoms with Gasteiger partial charge in [-0.05, 0) is 31.6 Å². The third-order valence-corrected chi connectivity index (χ3v) is 5.14. The summed E-state index contributed by atoms with van der Waals surface area (Å²) in [5, 5.41) is 18.4. The van der Waals surface area contributed by atoms with Gasteiger partial charge in [0.25, 0.3) is 0 Å². The van der Waals surface area contributed by atoms with Crippen molar-refractivity contribution in [3.63, 3.8) is 0 Å². The number of aliphatic hydroxyl groups excluding tert-OH is 2. The number of rotatable bonds is 5. The van der Waals surface area contributed by atoms with E-state index in [1.165, 1.54) is 13.0 Å². The van der Waals surface area contributed by atoms with Crippen molar-refractivity contribution in [1.29, 1.82) is 0 Å². The number of aliphatic hydroxyl groups is 2. The highest BCUT2D eigenvalue weighted by Gasteiger charge is 2.45. The van der Waals surface area contributed by atoms with Crippen LogP contribution in [0.25, 0.3) is 0 Å². The lowest BCUT2D eigenvalue weighted by Gasteiger charge is -2.28. The minimum absolute atomic E-state index is 0.0784. The molecule has 1 aliphatic carbocycles. The fourth-order valence-corrected chi connectivity index (χ4v) is 3.56. The molecule has 0 aromatic rings. The average molecular weight is 420 g/mol. The fourth-order valence-electron chi connectivity index (χ4n) is 3.56. The molecule has 0 spiro atoms. The molecule has 0 bridgehead atoms. The molecule has 2 rings (SSSR count). The molecule has 2 aliphatic rings. The van der Waals surface area contributed by atoms with Crippen molar-refractivity contribution in [2.75, 3.05) is 13.2 Å². The van der Waals surface area contributed by atoms with Crippen molar-refractivity contribution in [2.45, 2.75) is 51.9 Å². The normalized spacial score (nSPS) is 30.9. The largest absolute Gasteiger partial charge is 0.458 e. The third kappa shape index (κ3) is 5.67. The van der Waals surface area contributed by atoms with Crippen LogP contribution in [0.5, 0.6) is 0 Å². The standard InChI is InChI=1S/C22H28O8/c1-12-5-6-17(28-15(4)25)13(2)10-19-20(14(3)21(26)29-19)18(9-12)30-22(27)16(11-24)7-8-23/h5,7,10,17-20,23-24H,3,6,8-9,11H2,1-2,4H3/b12-5+,13-10-,16-7+/t17-,18-,19-,20-/m1/s1. The van der Waals surface area contributed by atoms with E-state index in [-0.39, 0.29) is 11.1 Å². The molecule has 4 atom stereocenters. The summed E-state index contributed by atoms with van der Waals surface area (Å²) in [7, 11) is 0. The second-order valence-corrected chi connectivity index (χ2v) is 7.43. The summed E-state index contributed by atoms with van der Waals surface area (Å²) >= 11 is 0. The summed E-state index contributed by atoms with van der Waals surface area (Å²) in [4.78, 5) is 36.2. The summed E-state index contributed by atoms with van der Waals surface area (Å²) in [6.45, 7) is 7.76. The van der Waals surface area contributed by atoms with Crippen LogP contribution >= 0.6 is 0 Å². The summed E-state index contributed by atoms with van der Waals surface area (Å²) in [5.74, 6) is -2.44. The monoisotopic (exact) mass is 420 g/mol. The number of hydrogen-bond acceptors (Lipinski definition) is 8. The van der Waals surface area contributed by atoms with Gasteiger partial charge in [-0.3, -0.25) is 4.79 Å². The molecule has 8 nitrogen and oxygen atoms in total. The maximum absolute atomic E-state index is 12.5. The predicted octanol–water partition coefficient (Wildman–Crippen LogP) is 1.53. The molecule has 0 amide bonds. The average Bonchev–Trinajstić information content (AvgIpc) is 2.94. The first-order chi connectivity index (χ1) is 14.2. The number of carbonyl (C=O) groups is 3. The van der Waals surface area contributed by atoms with Crippen molar-refractivity contribution in [3.05, 3.63) is 47.1 Å². The minimum Gasteiger partial charge on any atom is -0.458 e. The van der Waals surface area contributed by atoms with Crippen LogP contribution in [0.1, 0.15) is 33.6 Å². The Morgan fingerprint density at radius 2 is 2.00 bits per heavy atom. The molecule has 0 saturated carbocycles. The van der Waals surface area contributed by atoms with E-state index in [1.54, 1.807) is 13.0 Å². The number of ether oxygens (including phenoxy) is 3. The van der Waals surface area contributed by atoms with E-state index in [0.29, 0.717) is 18.4 Å². The Balaban J connectivity index is 2.42. The van der Waals surface area contributed by atoms with E-state index in [0.717, 1.165) is 5.57 Å². The third-order valence-electron chi connectivity index (χ3n) is 5.14. The summed E-state index contributed by atoms with van der Waals surface area (Å²) in [6, 6.07) is 0. The van der Waals surface area contributed by atoms with E-state index in [2.05, 4.69) is 6.58 Å². The zero-order chi connectivity index (χ0) is 22.4. The van der Waals surface area contributed by atoms with Gasteiger partial charge in [0.15, 0.2) is 0 Å². The Morgan fingerprint density at radius 1 is 1.30 bits per heavy atom. The van der Waals surface area contributed by atoms with Gasteiger partial charge in [-0.25, -0.2) is 9.59 Å². The summed E-state index contributed by atoms with van der Waals surface area (Å²) < 4.78 is 16.5. The Morgan fingerprint density at radius 3 is 2.60 bits per heavy atom. The van der Waals surface area contributed by atoms with Crippen molar-refractivity contribution in [1.82, 2.24) is 0 Å². The molecule has 1 aliphatic heterocycles. The van der Waals surface area contributed by atoms with E-state index in [9.17, 15) is 19.5 Å². The molecule has 2 N–H and O–H groups in total. The summed E-state index contributed by atoms with van der Waals surface area (Å²) in [6.07, 6.45) is 3.45. The molecule has 1 heterocycles. The quantitative estimate of drug-likeness (QED) is 0.297. The van der Waals surface area contributed by atoms with Crippen LogP contribution in [0.2, 0.25) is 0 Å². The zero-order valence-electron chi connectivity index (χ0n) is 17.4.